The maximum Gasteiger partial charge on any atom is 0.305 e. The Kier molecular flexibility index (Phi) is 66.9. The van der Waals surface area contributed by atoms with Crippen LogP contribution in [0.1, 0.15) is 393 Å². The highest BCUT2D eigenvalue weighted by atomic mass is 16.5. The average Bonchev–Trinajstić information content (AvgIpc) is 3.45. The highest BCUT2D eigenvalue weighted by molar-refractivity contribution is 5.76. The molecule has 0 saturated carbocycles. The third-order valence-corrected chi connectivity index (χ3v) is 16.7. The van der Waals surface area contributed by atoms with E-state index in [1.165, 1.54) is 315 Å². The van der Waals surface area contributed by atoms with Gasteiger partial charge >= 0.3 is 5.97 Å². The quantitative estimate of drug-likeness (QED) is 0.0320. The Labute approximate surface area is 494 Å². The average molecular weight is 1110 g/mol. The van der Waals surface area contributed by atoms with E-state index in [0.717, 1.165) is 51.4 Å². The van der Waals surface area contributed by atoms with Crippen LogP contribution in [0.15, 0.2) is 36.5 Å². The van der Waals surface area contributed by atoms with Crippen LogP contribution in [0.3, 0.4) is 0 Å². The second-order valence-electron chi connectivity index (χ2n) is 24.6. The van der Waals surface area contributed by atoms with Crippen molar-refractivity contribution in [2.75, 3.05) is 13.2 Å². The lowest BCUT2D eigenvalue weighted by molar-refractivity contribution is -0.143. The molecule has 6 nitrogen and oxygen atoms in total. The number of unbranched alkanes of at least 4 members (excludes halogenated alkanes) is 52. The molecule has 0 rings (SSSR count). The van der Waals surface area contributed by atoms with Crippen LogP contribution in [0.2, 0.25) is 0 Å². The van der Waals surface area contributed by atoms with Gasteiger partial charge in [0.1, 0.15) is 0 Å². The third-order valence-electron chi connectivity index (χ3n) is 16.7. The zero-order chi connectivity index (χ0) is 57.1. The molecule has 2 unspecified atom stereocenters. The monoisotopic (exact) mass is 1110 g/mol. The van der Waals surface area contributed by atoms with Gasteiger partial charge in [0.05, 0.1) is 25.4 Å². The van der Waals surface area contributed by atoms with Crippen molar-refractivity contribution in [1.29, 1.82) is 0 Å². The first-order valence-corrected chi connectivity index (χ1v) is 35.8. The van der Waals surface area contributed by atoms with Crippen LogP contribution in [0, 0.1) is 0 Å². The number of amides is 1. The van der Waals surface area contributed by atoms with Gasteiger partial charge < -0.3 is 20.3 Å². The molecule has 0 aliphatic heterocycles. The van der Waals surface area contributed by atoms with E-state index in [9.17, 15) is 19.8 Å². The van der Waals surface area contributed by atoms with Crippen molar-refractivity contribution >= 4 is 11.9 Å². The number of esters is 1. The SMILES string of the molecule is CCCCCC/C=C\C/C=C\CCCCCCCCCC(=O)OCCCCCCCCCCCCCCCCCCCCCCCCCCCCCCCCCC(=O)NC(CO)C(O)/C=C/CCCCCCCCCCCCC. The molecule has 0 aromatic heterocycles. The molecule has 0 saturated heterocycles. The van der Waals surface area contributed by atoms with Gasteiger partial charge in [0.15, 0.2) is 0 Å². The number of carbonyl (C=O) groups is 2. The standard InChI is InChI=1S/C73H139NO5/c1-3-5-7-9-11-13-15-17-18-19-36-39-43-47-51-55-59-63-67-73(78)79-68-64-60-56-52-48-44-40-37-34-32-30-28-26-24-22-20-21-23-25-27-29-31-33-35-38-42-46-50-54-58-62-66-72(77)74-70(69-75)71(76)65-61-57-53-49-45-41-16-14-12-10-8-6-4-2/h13,15,18-19,61,65,70-71,75-76H,3-12,14,16-17,20-60,62-64,66-69H2,1-2H3,(H,74,77)/b15-13-,19-18-,65-61+. The summed E-state index contributed by atoms with van der Waals surface area (Å²) in [5, 5.41) is 23.1. The van der Waals surface area contributed by atoms with Gasteiger partial charge in [-0.15, -0.1) is 0 Å². The minimum Gasteiger partial charge on any atom is -0.466 e. The molecular formula is C73H139NO5. The van der Waals surface area contributed by atoms with Crippen molar-refractivity contribution in [2.45, 2.75) is 405 Å². The maximum atomic E-state index is 12.5. The molecule has 0 aliphatic rings. The Morgan fingerprint density at radius 2 is 0.633 bits per heavy atom. The number of hydrogen-bond acceptors (Lipinski definition) is 5. The summed E-state index contributed by atoms with van der Waals surface area (Å²) in [6, 6.07) is -0.624. The van der Waals surface area contributed by atoms with Crippen LogP contribution in [0.5, 0.6) is 0 Å². The molecule has 466 valence electrons. The molecule has 0 aromatic carbocycles. The number of hydrogen-bond donors (Lipinski definition) is 3. The number of nitrogens with one attached hydrogen (secondary N) is 1. The molecule has 0 radical (unpaired) electrons. The van der Waals surface area contributed by atoms with Crippen molar-refractivity contribution in [3.63, 3.8) is 0 Å². The molecule has 1 amide bonds. The predicted octanol–water partition coefficient (Wildman–Crippen LogP) is 23.1. The summed E-state index contributed by atoms with van der Waals surface area (Å²) in [6.07, 6.45) is 88.1. The number of rotatable bonds is 67. The van der Waals surface area contributed by atoms with Crippen molar-refractivity contribution in [3.8, 4) is 0 Å². The lowest BCUT2D eigenvalue weighted by Gasteiger charge is -2.20. The van der Waals surface area contributed by atoms with Gasteiger partial charge in [-0.2, -0.15) is 0 Å². The van der Waals surface area contributed by atoms with Crippen LogP contribution in [0.4, 0.5) is 0 Å². The Balaban J connectivity index is 3.32. The van der Waals surface area contributed by atoms with E-state index in [0.29, 0.717) is 19.4 Å². The predicted molar refractivity (Wildman–Crippen MR) is 347 cm³/mol. The van der Waals surface area contributed by atoms with Gasteiger partial charge in [-0.1, -0.05) is 352 Å². The van der Waals surface area contributed by atoms with Crippen molar-refractivity contribution in [2.24, 2.45) is 0 Å². The number of allylic oxidation sites excluding steroid dienone is 5. The number of ether oxygens (including phenoxy) is 1. The fourth-order valence-corrected chi connectivity index (χ4v) is 11.2. The lowest BCUT2D eigenvalue weighted by atomic mass is 10.0. The zero-order valence-electron chi connectivity index (χ0n) is 53.4. The summed E-state index contributed by atoms with van der Waals surface area (Å²) in [7, 11) is 0. The van der Waals surface area contributed by atoms with E-state index >= 15 is 0 Å². The van der Waals surface area contributed by atoms with E-state index in [1.807, 2.05) is 6.08 Å². The molecule has 0 fully saturated rings. The summed E-state index contributed by atoms with van der Waals surface area (Å²) >= 11 is 0. The van der Waals surface area contributed by atoms with Crippen molar-refractivity contribution in [1.82, 2.24) is 5.32 Å². The topological polar surface area (TPSA) is 95.9 Å². The zero-order valence-corrected chi connectivity index (χ0v) is 53.4. The van der Waals surface area contributed by atoms with E-state index < -0.39 is 12.1 Å². The van der Waals surface area contributed by atoms with E-state index in [-0.39, 0.29) is 18.5 Å². The Bertz CT molecular complexity index is 1280. The molecule has 0 aliphatic carbocycles. The highest BCUT2D eigenvalue weighted by Gasteiger charge is 2.18. The molecule has 0 aromatic rings. The minimum absolute atomic E-state index is 0.0134. The molecule has 2 atom stereocenters. The van der Waals surface area contributed by atoms with Crippen LogP contribution in [-0.2, 0) is 14.3 Å². The van der Waals surface area contributed by atoms with Gasteiger partial charge in [-0.05, 0) is 64.2 Å². The fraction of sp³-hybridized carbons (Fsp3) is 0.890. The second kappa shape index (κ2) is 68.6. The molecule has 6 heteroatoms. The molecule has 3 N–H and O–H groups in total. The van der Waals surface area contributed by atoms with E-state index in [1.54, 1.807) is 6.08 Å². The second-order valence-corrected chi connectivity index (χ2v) is 24.6. The van der Waals surface area contributed by atoms with Crippen LogP contribution < -0.4 is 5.32 Å². The van der Waals surface area contributed by atoms with Gasteiger partial charge in [-0.25, -0.2) is 0 Å². The first kappa shape index (κ1) is 77.1. The summed E-state index contributed by atoms with van der Waals surface area (Å²) in [5.41, 5.74) is 0. The molecule has 0 bridgehead atoms. The summed E-state index contributed by atoms with van der Waals surface area (Å²) in [6.45, 7) is 4.91. The summed E-state index contributed by atoms with van der Waals surface area (Å²) < 4.78 is 5.51. The fourth-order valence-electron chi connectivity index (χ4n) is 11.2. The summed E-state index contributed by atoms with van der Waals surface area (Å²) in [4.78, 5) is 24.6. The Hall–Kier alpha value is -1.92. The minimum atomic E-state index is -0.841. The number of aliphatic hydroxyl groups is 2. The number of carbonyl (C=O) groups excluding carboxylic acids is 2. The van der Waals surface area contributed by atoms with E-state index in [2.05, 4.69) is 43.5 Å². The normalized spacial score (nSPS) is 12.7. The Morgan fingerprint density at radius 3 is 0.975 bits per heavy atom. The molecular weight excluding hydrogens is 971 g/mol. The lowest BCUT2D eigenvalue weighted by Crippen LogP contribution is -2.45. The first-order chi connectivity index (χ1) is 39.0. The third kappa shape index (κ3) is 65.1. The Morgan fingerprint density at radius 1 is 0.354 bits per heavy atom. The smallest absolute Gasteiger partial charge is 0.305 e. The maximum absolute atomic E-state index is 12.5. The molecule has 79 heavy (non-hydrogen) atoms. The van der Waals surface area contributed by atoms with Gasteiger partial charge in [0.25, 0.3) is 0 Å². The van der Waals surface area contributed by atoms with Crippen molar-refractivity contribution in [3.05, 3.63) is 36.5 Å². The first-order valence-electron chi connectivity index (χ1n) is 35.8. The van der Waals surface area contributed by atoms with Gasteiger partial charge in [-0.3, -0.25) is 9.59 Å². The van der Waals surface area contributed by atoms with Crippen LogP contribution in [0.25, 0.3) is 0 Å². The number of aliphatic hydroxyl groups excluding tert-OH is 2. The van der Waals surface area contributed by atoms with Crippen LogP contribution in [-0.4, -0.2) is 47.4 Å². The van der Waals surface area contributed by atoms with Crippen LogP contribution >= 0.6 is 0 Å². The van der Waals surface area contributed by atoms with Crippen molar-refractivity contribution < 1.29 is 24.5 Å². The largest absolute Gasteiger partial charge is 0.466 e. The molecule has 0 heterocycles. The summed E-state index contributed by atoms with van der Waals surface area (Å²) in [5.74, 6) is -0.0491. The molecule has 0 spiro atoms. The van der Waals surface area contributed by atoms with Gasteiger partial charge in [0.2, 0.25) is 5.91 Å². The van der Waals surface area contributed by atoms with E-state index in [4.69, 9.17) is 4.74 Å². The van der Waals surface area contributed by atoms with Gasteiger partial charge in [0, 0.05) is 12.8 Å². The highest BCUT2D eigenvalue weighted by Crippen LogP contribution is 2.19.